The number of carbonyl (C=O) groups is 1. The monoisotopic (exact) mass is 291 g/mol. The lowest BCUT2D eigenvalue weighted by molar-refractivity contribution is -0.148. The molecule has 1 aliphatic rings. The van der Waals surface area contributed by atoms with Crippen molar-refractivity contribution in [2.75, 3.05) is 13.7 Å². The Morgan fingerprint density at radius 1 is 1.52 bits per heavy atom. The molecule has 1 aliphatic heterocycles. The molecule has 3 rings (SSSR count). The third kappa shape index (κ3) is 2.97. The molecule has 2 aromatic rings. The number of methoxy groups -OCH3 is 1. The number of carbonyl (C=O) groups excluding carboxylic acids is 1. The number of ether oxygens (including phenoxy) is 1. The minimum atomic E-state index is -0.234. The highest BCUT2D eigenvalue weighted by atomic mass is 16.5. The van der Waals surface area contributed by atoms with Gasteiger partial charge in [-0.05, 0) is 31.5 Å². The topological polar surface area (TPSA) is 81.6 Å². The number of aromatic nitrogens is 2. The maximum atomic E-state index is 11.8. The van der Waals surface area contributed by atoms with Crippen LogP contribution in [0.15, 0.2) is 27.3 Å². The van der Waals surface area contributed by atoms with Crippen molar-refractivity contribution in [3.05, 3.63) is 24.3 Å². The van der Waals surface area contributed by atoms with Crippen LogP contribution in [0.1, 0.15) is 25.2 Å². The van der Waals surface area contributed by atoms with Crippen LogP contribution in [0.25, 0.3) is 11.6 Å². The Balaban J connectivity index is 1.71. The number of hydrogen-bond donors (Lipinski definition) is 0. The summed E-state index contributed by atoms with van der Waals surface area (Å²) in [6.45, 7) is 1.26. The summed E-state index contributed by atoms with van der Waals surface area (Å²) in [6.07, 6.45) is 4.43. The third-order valence-corrected chi connectivity index (χ3v) is 3.63. The van der Waals surface area contributed by atoms with Gasteiger partial charge in [-0.15, -0.1) is 0 Å². The summed E-state index contributed by atoms with van der Waals surface area (Å²) in [7, 11) is 1.41. The highest BCUT2D eigenvalue weighted by Gasteiger charge is 2.30. The highest BCUT2D eigenvalue weighted by molar-refractivity contribution is 5.75. The molecule has 1 fully saturated rings. The summed E-state index contributed by atoms with van der Waals surface area (Å²) in [5, 5.41) is 3.89. The maximum Gasteiger partial charge on any atom is 0.323 e. The first-order chi connectivity index (χ1) is 10.3. The second kappa shape index (κ2) is 6.09. The van der Waals surface area contributed by atoms with Gasteiger partial charge in [-0.1, -0.05) is 11.6 Å². The van der Waals surface area contributed by atoms with Crippen molar-refractivity contribution in [2.45, 2.75) is 31.8 Å². The highest BCUT2D eigenvalue weighted by Crippen LogP contribution is 2.21. The summed E-state index contributed by atoms with van der Waals surface area (Å²) in [6, 6.07) is 3.30. The zero-order valence-electron chi connectivity index (χ0n) is 11.8. The molecule has 0 radical (unpaired) electrons. The fraction of sp³-hybridized carbons (Fsp3) is 0.500. The van der Waals surface area contributed by atoms with Gasteiger partial charge >= 0.3 is 5.97 Å². The largest absolute Gasteiger partial charge is 0.468 e. The molecule has 0 amide bonds. The van der Waals surface area contributed by atoms with Crippen LogP contribution in [0.2, 0.25) is 0 Å². The molecule has 0 aliphatic carbocycles. The Bertz CT molecular complexity index is 593. The Kier molecular flexibility index (Phi) is 4.01. The molecule has 1 saturated heterocycles. The van der Waals surface area contributed by atoms with Crippen molar-refractivity contribution >= 4 is 5.97 Å². The van der Waals surface area contributed by atoms with Gasteiger partial charge in [0.25, 0.3) is 0 Å². The first kappa shape index (κ1) is 13.8. The van der Waals surface area contributed by atoms with Crippen molar-refractivity contribution in [3.63, 3.8) is 0 Å². The molecular weight excluding hydrogens is 274 g/mol. The minimum absolute atomic E-state index is 0.208. The van der Waals surface area contributed by atoms with Crippen LogP contribution in [0.3, 0.4) is 0 Å². The average Bonchev–Trinajstić information content (AvgIpc) is 3.18. The van der Waals surface area contributed by atoms with E-state index in [2.05, 4.69) is 10.1 Å². The van der Waals surface area contributed by atoms with Gasteiger partial charge in [0.15, 0.2) is 5.76 Å². The van der Waals surface area contributed by atoms with Crippen molar-refractivity contribution in [3.8, 4) is 11.6 Å². The molecule has 1 unspecified atom stereocenters. The van der Waals surface area contributed by atoms with E-state index in [1.165, 1.54) is 7.11 Å². The summed E-state index contributed by atoms with van der Waals surface area (Å²) in [4.78, 5) is 18.1. The van der Waals surface area contributed by atoms with E-state index in [1.54, 1.807) is 18.4 Å². The standard InChI is InChI=1S/C14H17N3O4/c1-19-14(18)10-5-2-3-7-17(10)9-12-15-13(16-21-12)11-6-4-8-20-11/h4,6,8,10H,2-3,5,7,9H2,1H3. The van der Waals surface area contributed by atoms with E-state index in [0.717, 1.165) is 25.8 Å². The minimum Gasteiger partial charge on any atom is -0.468 e. The molecule has 0 aromatic carbocycles. The lowest BCUT2D eigenvalue weighted by atomic mass is 10.0. The van der Waals surface area contributed by atoms with Gasteiger partial charge in [0, 0.05) is 0 Å². The molecule has 7 nitrogen and oxygen atoms in total. The number of rotatable bonds is 4. The van der Waals surface area contributed by atoms with E-state index in [4.69, 9.17) is 13.7 Å². The molecule has 112 valence electrons. The molecule has 7 heteroatoms. The zero-order chi connectivity index (χ0) is 14.7. The number of likely N-dealkylation sites (tertiary alicyclic amines) is 1. The summed E-state index contributed by atoms with van der Waals surface area (Å²) >= 11 is 0. The Labute approximate surface area is 121 Å². The molecule has 2 aromatic heterocycles. The fourth-order valence-electron chi connectivity index (χ4n) is 2.58. The van der Waals surface area contributed by atoms with Gasteiger partial charge in [0.2, 0.25) is 11.7 Å². The second-order valence-electron chi connectivity index (χ2n) is 4.99. The normalized spacial score (nSPS) is 19.6. The molecule has 0 N–H and O–H groups in total. The van der Waals surface area contributed by atoms with E-state index in [1.807, 2.05) is 4.90 Å². The maximum absolute atomic E-state index is 11.8. The molecule has 0 bridgehead atoms. The smallest absolute Gasteiger partial charge is 0.323 e. The van der Waals surface area contributed by atoms with E-state index in [9.17, 15) is 4.79 Å². The van der Waals surface area contributed by atoms with Crippen molar-refractivity contribution in [1.82, 2.24) is 15.0 Å². The fourth-order valence-corrected chi connectivity index (χ4v) is 2.58. The van der Waals surface area contributed by atoms with Crippen LogP contribution >= 0.6 is 0 Å². The molecular formula is C14H17N3O4. The van der Waals surface area contributed by atoms with E-state index in [-0.39, 0.29) is 12.0 Å². The van der Waals surface area contributed by atoms with Crippen LogP contribution in [0, 0.1) is 0 Å². The van der Waals surface area contributed by atoms with E-state index < -0.39 is 0 Å². The van der Waals surface area contributed by atoms with Gasteiger partial charge in [-0.25, -0.2) is 0 Å². The van der Waals surface area contributed by atoms with Crippen LogP contribution in [-0.4, -0.2) is 40.7 Å². The number of nitrogens with zero attached hydrogens (tertiary/aromatic N) is 3. The Morgan fingerprint density at radius 2 is 2.43 bits per heavy atom. The molecule has 1 atom stereocenters. The number of furan rings is 1. The molecule has 0 spiro atoms. The van der Waals surface area contributed by atoms with Gasteiger partial charge in [0.05, 0.1) is 19.9 Å². The number of esters is 1. The lowest BCUT2D eigenvalue weighted by Gasteiger charge is -2.32. The number of hydrogen-bond acceptors (Lipinski definition) is 7. The van der Waals surface area contributed by atoms with Crippen LogP contribution < -0.4 is 0 Å². The number of piperidine rings is 1. The first-order valence-corrected chi connectivity index (χ1v) is 6.96. The summed E-state index contributed by atoms with van der Waals surface area (Å²) in [5.74, 6) is 1.24. The van der Waals surface area contributed by atoms with Crippen molar-refractivity contribution in [1.29, 1.82) is 0 Å². The van der Waals surface area contributed by atoms with Gasteiger partial charge in [-0.2, -0.15) is 4.98 Å². The predicted molar refractivity (Wildman–Crippen MR) is 72.1 cm³/mol. The molecule has 3 heterocycles. The second-order valence-corrected chi connectivity index (χ2v) is 4.99. The average molecular weight is 291 g/mol. The quantitative estimate of drug-likeness (QED) is 0.795. The van der Waals surface area contributed by atoms with E-state index >= 15 is 0 Å². The third-order valence-electron chi connectivity index (χ3n) is 3.63. The molecule has 0 saturated carbocycles. The first-order valence-electron chi connectivity index (χ1n) is 6.96. The lowest BCUT2D eigenvalue weighted by Crippen LogP contribution is -2.44. The van der Waals surface area contributed by atoms with Gasteiger partial charge < -0.3 is 13.7 Å². The van der Waals surface area contributed by atoms with Gasteiger partial charge in [-0.3, -0.25) is 9.69 Å². The van der Waals surface area contributed by atoms with Crippen molar-refractivity contribution < 1.29 is 18.5 Å². The van der Waals surface area contributed by atoms with Crippen LogP contribution in [-0.2, 0) is 16.1 Å². The Hall–Kier alpha value is -2.15. The Morgan fingerprint density at radius 3 is 3.19 bits per heavy atom. The van der Waals surface area contributed by atoms with Crippen LogP contribution in [0.5, 0.6) is 0 Å². The summed E-state index contributed by atoms with van der Waals surface area (Å²) < 4.78 is 15.3. The SMILES string of the molecule is COC(=O)C1CCCCN1Cc1nc(-c2ccco2)no1. The predicted octanol–water partition coefficient (Wildman–Crippen LogP) is 1.86. The van der Waals surface area contributed by atoms with Gasteiger partial charge in [0.1, 0.15) is 6.04 Å². The van der Waals surface area contributed by atoms with Crippen molar-refractivity contribution in [2.24, 2.45) is 0 Å². The van der Waals surface area contributed by atoms with Crippen LogP contribution in [0.4, 0.5) is 0 Å². The molecule has 21 heavy (non-hydrogen) atoms. The zero-order valence-corrected chi connectivity index (χ0v) is 11.8. The summed E-state index contributed by atoms with van der Waals surface area (Å²) in [5.41, 5.74) is 0. The van der Waals surface area contributed by atoms with E-state index in [0.29, 0.717) is 24.0 Å².